The highest BCUT2D eigenvalue weighted by Gasteiger charge is 2.39. The van der Waals surface area contributed by atoms with E-state index in [1.165, 1.54) is 0 Å². The summed E-state index contributed by atoms with van der Waals surface area (Å²) in [6.07, 6.45) is 6.36. The molecule has 2 unspecified atom stereocenters. The van der Waals surface area contributed by atoms with Crippen molar-refractivity contribution in [2.24, 2.45) is 17.3 Å². The number of rotatable bonds is 2. The predicted molar refractivity (Wildman–Crippen MR) is 55.5 cm³/mol. The van der Waals surface area contributed by atoms with Crippen LogP contribution in [0.5, 0.6) is 0 Å². The lowest BCUT2D eigenvalue weighted by atomic mass is 9.62. The summed E-state index contributed by atoms with van der Waals surface area (Å²) in [5.41, 5.74) is 0.181. The Morgan fingerprint density at radius 2 is 2.08 bits per heavy atom. The molecule has 2 atom stereocenters. The van der Waals surface area contributed by atoms with Gasteiger partial charge in [-0.2, -0.15) is 0 Å². The van der Waals surface area contributed by atoms with E-state index in [0.29, 0.717) is 11.7 Å². The Labute approximate surface area is 81.2 Å². The van der Waals surface area contributed by atoms with Crippen molar-refractivity contribution in [3.63, 3.8) is 0 Å². The first-order chi connectivity index (χ1) is 5.98. The van der Waals surface area contributed by atoms with E-state index >= 15 is 0 Å². The summed E-state index contributed by atoms with van der Waals surface area (Å²) < 4.78 is 0. The molecule has 1 rings (SSSR count). The van der Waals surface area contributed by atoms with Gasteiger partial charge >= 0.3 is 0 Å². The highest BCUT2D eigenvalue weighted by atomic mass is 16.1. The average Bonchev–Trinajstić information content (AvgIpc) is 2.04. The van der Waals surface area contributed by atoms with Crippen molar-refractivity contribution in [2.75, 3.05) is 0 Å². The second kappa shape index (κ2) is 3.65. The first-order valence-corrected chi connectivity index (χ1v) is 5.14. The van der Waals surface area contributed by atoms with Gasteiger partial charge in [0.15, 0.2) is 0 Å². The minimum absolute atomic E-state index is 0.181. The number of hydrogen-bond acceptors (Lipinski definition) is 1. The van der Waals surface area contributed by atoms with Gasteiger partial charge in [0.05, 0.1) is 0 Å². The molecule has 0 radical (unpaired) electrons. The van der Waals surface area contributed by atoms with Crippen LogP contribution in [0.1, 0.15) is 40.5 Å². The normalized spacial score (nSPS) is 33.8. The average molecular weight is 180 g/mol. The van der Waals surface area contributed by atoms with Gasteiger partial charge in [-0.3, -0.25) is 4.79 Å². The number of Topliss-reactive ketones (excluding diaryl/α,β-unsaturated/α-hetero) is 1. The van der Waals surface area contributed by atoms with E-state index in [2.05, 4.69) is 32.9 Å². The van der Waals surface area contributed by atoms with Crippen molar-refractivity contribution in [3.8, 4) is 0 Å². The Kier molecular flexibility index (Phi) is 2.94. The third-order valence-electron chi connectivity index (χ3n) is 3.70. The molecule has 1 aliphatic carbocycles. The van der Waals surface area contributed by atoms with Crippen LogP contribution in [0.15, 0.2) is 12.2 Å². The Balaban J connectivity index is 2.92. The first kappa shape index (κ1) is 10.5. The molecule has 0 aromatic rings. The predicted octanol–water partition coefficient (Wildman–Crippen LogP) is 3.20. The molecule has 0 aromatic heterocycles. The van der Waals surface area contributed by atoms with Crippen molar-refractivity contribution >= 4 is 5.78 Å². The van der Waals surface area contributed by atoms with E-state index < -0.39 is 0 Å². The van der Waals surface area contributed by atoms with Gasteiger partial charge in [0.2, 0.25) is 0 Å². The van der Waals surface area contributed by atoms with Crippen LogP contribution in [-0.2, 0) is 4.79 Å². The molecule has 0 aromatic carbocycles. The Morgan fingerprint density at radius 1 is 1.46 bits per heavy atom. The molecule has 1 nitrogen and oxygen atoms in total. The molecule has 0 N–H and O–H groups in total. The van der Waals surface area contributed by atoms with Crippen LogP contribution >= 0.6 is 0 Å². The summed E-state index contributed by atoms with van der Waals surface area (Å²) in [6, 6.07) is 0. The molecule has 0 fully saturated rings. The maximum absolute atomic E-state index is 11.5. The van der Waals surface area contributed by atoms with Crippen molar-refractivity contribution in [1.29, 1.82) is 0 Å². The van der Waals surface area contributed by atoms with Gasteiger partial charge in [-0.25, -0.2) is 0 Å². The monoisotopic (exact) mass is 180 g/mol. The third kappa shape index (κ3) is 1.84. The molecule has 0 aliphatic heterocycles. The molecule has 1 heteroatoms. The van der Waals surface area contributed by atoms with Crippen LogP contribution < -0.4 is 0 Å². The number of carbonyl (C=O) groups is 1. The molecule has 0 saturated heterocycles. The third-order valence-corrected chi connectivity index (χ3v) is 3.70. The fourth-order valence-electron chi connectivity index (χ4n) is 2.25. The van der Waals surface area contributed by atoms with E-state index in [1.54, 1.807) is 6.92 Å². The highest BCUT2D eigenvalue weighted by Crippen LogP contribution is 2.44. The van der Waals surface area contributed by atoms with Gasteiger partial charge in [-0.05, 0) is 31.1 Å². The van der Waals surface area contributed by atoms with E-state index in [-0.39, 0.29) is 11.3 Å². The van der Waals surface area contributed by atoms with Crippen molar-refractivity contribution < 1.29 is 4.79 Å². The minimum atomic E-state index is 0.181. The zero-order valence-electron chi connectivity index (χ0n) is 9.13. The zero-order valence-corrected chi connectivity index (χ0v) is 9.13. The lowest BCUT2D eigenvalue weighted by Gasteiger charge is -2.41. The van der Waals surface area contributed by atoms with Gasteiger partial charge in [0.1, 0.15) is 5.78 Å². The first-order valence-electron chi connectivity index (χ1n) is 5.14. The highest BCUT2D eigenvalue weighted by molar-refractivity contribution is 5.79. The van der Waals surface area contributed by atoms with Crippen LogP contribution in [0, 0.1) is 17.3 Å². The topological polar surface area (TPSA) is 17.1 Å². The van der Waals surface area contributed by atoms with Crippen molar-refractivity contribution in [2.45, 2.75) is 40.5 Å². The van der Waals surface area contributed by atoms with Crippen molar-refractivity contribution in [3.05, 3.63) is 12.2 Å². The van der Waals surface area contributed by atoms with Crippen LogP contribution in [0.4, 0.5) is 0 Å². The van der Waals surface area contributed by atoms with Gasteiger partial charge in [0.25, 0.3) is 0 Å². The molecule has 0 spiro atoms. The summed E-state index contributed by atoms with van der Waals surface area (Å²) >= 11 is 0. The maximum atomic E-state index is 11.5. The Bertz CT molecular complexity index is 227. The molecule has 0 bridgehead atoms. The minimum Gasteiger partial charge on any atom is -0.300 e. The van der Waals surface area contributed by atoms with Gasteiger partial charge in [-0.15, -0.1) is 0 Å². The summed E-state index contributed by atoms with van der Waals surface area (Å²) in [5.74, 6) is 1.16. The number of allylic oxidation sites excluding steroid dienone is 2. The molecule has 74 valence electrons. The van der Waals surface area contributed by atoms with Crippen LogP contribution in [0.25, 0.3) is 0 Å². The maximum Gasteiger partial charge on any atom is 0.133 e. The summed E-state index contributed by atoms with van der Waals surface area (Å²) in [4.78, 5) is 11.5. The van der Waals surface area contributed by atoms with Crippen LogP contribution in [-0.4, -0.2) is 5.78 Å². The smallest absolute Gasteiger partial charge is 0.133 e. The quantitative estimate of drug-likeness (QED) is 0.596. The van der Waals surface area contributed by atoms with E-state index in [9.17, 15) is 4.79 Å². The van der Waals surface area contributed by atoms with Crippen LogP contribution in [0.3, 0.4) is 0 Å². The fraction of sp³-hybridized carbons (Fsp3) is 0.750. The standard InChI is InChI=1S/C12H20O/c1-9(2)12(4)8-6-5-7-11(12)10(3)13/h5-6,9,11H,7-8H2,1-4H3. The molecular formula is C12H20O. The van der Waals surface area contributed by atoms with Crippen LogP contribution in [0.2, 0.25) is 0 Å². The second-order valence-electron chi connectivity index (χ2n) is 4.73. The Hall–Kier alpha value is -0.590. The summed E-state index contributed by atoms with van der Waals surface area (Å²) in [7, 11) is 0. The zero-order chi connectivity index (χ0) is 10.1. The number of hydrogen-bond donors (Lipinski definition) is 0. The molecule has 1 aliphatic rings. The lowest BCUT2D eigenvalue weighted by Crippen LogP contribution is -2.37. The summed E-state index contributed by atoms with van der Waals surface area (Å²) in [5, 5.41) is 0. The fourth-order valence-corrected chi connectivity index (χ4v) is 2.25. The lowest BCUT2D eigenvalue weighted by molar-refractivity contribution is -0.126. The van der Waals surface area contributed by atoms with Gasteiger partial charge in [0, 0.05) is 5.92 Å². The molecule has 13 heavy (non-hydrogen) atoms. The van der Waals surface area contributed by atoms with Gasteiger partial charge in [-0.1, -0.05) is 32.9 Å². The summed E-state index contributed by atoms with van der Waals surface area (Å²) in [6.45, 7) is 8.40. The largest absolute Gasteiger partial charge is 0.300 e. The molecule has 0 amide bonds. The number of ketones is 1. The number of carbonyl (C=O) groups excluding carboxylic acids is 1. The second-order valence-corrected chi connectivity index (χ2v) is 4.73. The molecular weight excluding hydrogens is 160 g/mol. The SMILES string of the molecule is CC(=O)C1CC=CCC1(C)C(C)C. The van der Waals surface area contributed by atoms with E-state index in [4.69, 9.17) is 0 Å². The Morgan fingerprint density at radius 3 is 2.46 bits per heavy atom. The van der Waals surface area contributed by atoms with E-state index in [1.807, 2.05) is 0 Å². The molecule has 0 saturated carbocycles. The van der Waals surface area contributed by atoms with Gasteiger partial charge < -0.3 is 0 Å². The molecule has 0 heterocycles. The van der Waals surface area contributed by atoms with Crippen molar-refractivity contribution in [1.82, 2.24) is 0 Å². The van der Waals surface area contributed by atoms with E-state index in [0.717, 1.165) is 12.8 Å².